The Kier molecular flexibility index (Phi) is 5.51. The molecule has 1 rings (SSSR count). The van der Waals surface area contributed by atoms with Crippen molar-refractivity contribution in [3.05, 3.63) is 24.2 Å². The lowest BCUT2D eigenvalue weighted by Crippen LogP contribution is -2.29. The Hall–Kier alpha value is -1.69. The molecule has 0 aliphatic carbocycles. The first kappa shape index (κ1) is 14.4. The number of hydrogen-bond acceptors (Lipinski definition) is 2. The maximum Gasteiger partial charge on any atom is 0.223 e. The first-order valence-corrected chi connectivity index (χ1v) is 6.27. The van der Waals surface area contributed by atoms with E-state index in [0.717, 1.165) is 5.76 Å². The number of rotatable bonds is 6. The van der Waals surface area contributed by atoms with Crippen molar-refractivity contribution in [3.63, 3.8) is 0 Å². The predicted molar refractivity (Wildman–Crippen MR) is 72.0 cm³/mol. The highest BCUT2D eigenvalue weighted by atomic mass is 16.3. The summed E-state index contributed by atoms with van der Waals surface area (Å²) in [6.07, 6.45) is 7.91. The summed E-state index contributed by atoms with van der Waals surface area (Å²) in [5.74, 6) is 4.02. The lowest BCUT2D eigenvalue weighted by atomic mass is 9.89. The third-order valence-corrected chi connectivity index (χ3v) is 3.13. The molecule has 0 radical (unpaired) electrons. The Morgan fingerprint density at radius 2 is 2.28 bits per heavy atom. The largest absolute Gasteiger partial charge is 0.469 e. The van der Waals surface area contributed by atoms with Crippen LogP contribution in [0.25, 0.3) is 0 Å². The predicted octanol–water partition coefficient (Wildman–Crippen LogP) is 2.89. The molecule has 0 bridgehead atoms. The van der Waals surface area contributed by atoms with Gasteiger partial charge >= 0.3 is 0 Å². The van der Waals surface area contributed by atoms with E-state index in [4.69, 9.17) is 10.8 Å². The minimum absolute atomic E-state index is 0.111. The second-order valence-electron chi connectivity index (χ2n) is 4.84. The van der Waals surface area contributed by atoms with Gasteiger partial charge in [0.05, 0.1) is 6.26 Å². The van der Waals surface area contributed by atoms with Gasteiger partial charge in [-0.1, -0.05) is 13.8 Å². The van der Waals surface area contributed by atoms with Crippen molar-refractivity contribution in [1.82, 2.24) is 4.90 Å². The van der Waals surface area contributed by atoms with E-state index in [-0.39, 0.29) is 11.8 Å². The molecule has 0 aliphatic rings. The SMILES string of the molecule is C#CCCN(C)C(=O)C[C@@H](c1ccco1)C(C)C. The van der Waals surface area contributed by atoms with Gasteiger partial charge in [-0.15, -0.1) is 12.3 Å². The number of carbonyl (C=O) groups excluding carboxylic acids is 1. The molecule has 0 saturated heterocycles. The summed E-state index contributed by atoms with van der Waals surface area (Å²) in [4.78, 5) is 13.8. The monoisotopic (exact) mass is 247 g/mol. The topological polar surface area (TPSA) is 33.5 Å². The van der Waals surface area contributed by atoms with Crippen molar-refractivity contribution in [3.8, 4) is 12.3 Å². The molecule has 1 atom stereocenters. The van der Waals surface area contributed by atoms with Crippen LogP contribution in [0, 0.1) is 18.3 Å². The van der Waals surface area contributed by atoms with Gasteiger partial charge in [-0.3, -0.25) is 4.79 Å². The number of hydrogen-bond donors (Lipinski definition) is 0. The van der Waals surface area contributed by atoms with Gasteiger partial charge in [-0.2, -0.15) is 0 Å². The summed E-state index contributed by atoms with van der Waals surface area (Å²) >= 11 is 0. The molecule has 3 heteroatoms. The molecule has 1 heterocycles. The summed E-state index contributed by atoms with van der Waals surface area (Å²) in [6.45, 7) is 4.81. The molecular formula is C15H21NO2. The number of furan rings is 1. The van der Waals surface area contributed by atoms with E-state index < -0.39 is 0 Å². The van der Waals surface area contributed by atoms with Crippen molar-refractivity contribution < 1.29 is 9.21 Å². The van der Waals surface area contributed by atoms with Gasteiger partial charge in [0.2, 0.25) is 5.91 Å². The molecule has 98 valence electrons. The first-order valence-electron chi connectivity index (χ1n) is 6.27. The fourth-order valence-electron chi connectivity index (χ4n) is 1.87. The molecule has 0 aliphatic heterocycles. The van der Waals surface area contributed by atoms with Gasteiger partial charge < -0.3 is 9.32 Å². The highest BCUT2D eigenvalue weighted by molar-refractivity contribution is 5.76. The molecule has 0 aromatic carbocycles. The summed E-state index contributed by atoms with van der Waals surface area (Å²) in [5, 5.41) is 0. The fourth-order valence-corrected chi connectivity index (χ4v) is 1.87. The van der Waals surface area contributed by atoms with Gasteiger partial charge in [0.15, 0.2) is 0 Å². The van der Waals surface area contributed by atoms with Gasteiger partial charge in [0.1, 0.15) is 5.76 Å². The van der Waals surface area contributed by atoms with Crippen LogP contribution in [0.1, 0.15) is 38.4 Å². The second-order valence-corrected chi connectivity index (χ2v) is 4.84. The maximum atomic E-state index is 12.1. The average Bonchev–Trinajstić information content (AvgIpc) is 2.85. The van der Waals surface area contributed by atoms with E-state index in [2.05, 4.69) is 19.8 Å². The van der Waals surface area contributed by atoms with E-state index in [9.17, 15) is 4.79 Å². The zero-order valence-electron chi connectivity index (χ0n) is 11.3. The van der Waals surface area contributed by atoms with Gasteiger partial charge in [0.25, 0.3) is 0 Å². The molecular weight excluding hydrogens is 226 g/mol. The van der Waals surface area contributed by atoms with E-state index in [1.807, 2.05) is 12.1 Å². The average molecular weight is 247 g/mol. The summed E-state index contributed by atoms with van der Waals surface area (Å²) < 4.78 is 5.42. The summed E-state index contributed by atoms with van der Waals surface area (Å²) in [6, 6.07) is 3.79. The van der Waals surface area contributed by atoms with Crippen LogP contribution >= 0.6 is 0 Å². The summed E-state index contributed by atoms with van der Waals surface area (Å²) in [7, 11) is 1.79. The van der Waals surface area contributed by atoms with Gasteiger partial charge in [-0.05, 0) is 18.1 Å². The number of carbonyl (C=O) groups is 1. The van der Waals surface area contributed by atoms with Gasteiger partial charge in [0, 0.05) is 32.4 Å². The molecule has 0 fully saturated rings. The van der Waals surface area contributed by atoms with Gasteiger partial charge in [-0.25, -0.2) is 0 Å². The Morgan fingerprint density at radius 3 is 2.78 bits per heavy atom. The number of amides is 1. The molecule has 1 aromatic rings. The van der Waals surface area contributed by atoms with Crippen molar-refractivity contribution in [2.24, 2.45) is 5.92 Å². The van der Waals surface area contributed by atoms with E-state index >= 15 is 0 Å². The lowest BCUT2D eigenvalue weighted by Gasteiger charge is -2.22. The lowest BCUT2D eigenvalue weighted by molar-refractivity contribution is -0.130. The number of terminal acetylenes is 1. The molecule has 1 aromatic heterocycles. The molecule has 3 nitrogen and oxygen atoms in total. The van der Waals surface area contributed by atoms with Crippen molar-refractivity contribution in [2.75, 3.05) is 13.6 Å². The summed E-state index contributed by atoms with van der Waals surface area (Å²) in [5.41, 5.74) is 0. The molecule has 18 heavy (non-hydrogen) atoms. The maximum absolute atomic E-state index is 12.1. The molecule has 0 N–H and O–H groups in total. The van der Waals surface area contributed by atoms with Crippen LogP contribution in [-0.4, -0.2) is 24.4 Å². The zero-order valence-corrected chi connectivity index (χ0v) is 11.3. The van der Waals surface area contributed by atoms with E-state index in [1.54, 1.807) is 18.2 Å². The molecule has 0 saturated carbocycles. The normalized spacial score (nSPS) is 12.2. The smallest absolute Gasteiger partial charge is 0.223 e. The van der Waals surface area contributed by atoms with Crippen molar-refractivity contribution >= 4 is 5.91 Å². The molecule has 0 unspecified atom stereocenters. The van der Waals surface area contributed by atoms with Crippen molar-refractivity contribution in [2.45, 2.75) is 32.6 Å². The fraction of sp³-hybridized carbons (Fsp3) is 0.533. The van der Waals surface area contributed by atoms with Crippen LogP contribution in [0.4, 0.5) is 0 Å². The second kappa shape index (κ2) is 6.90. The minimum atomic E-state index is 0.111. The van der Waals surface area contributed by atoms with Crippen LogP contribution < -0.4 is 0 Å². The van der Waals surface area contributed by atoms with Crippen LogP contribution in [0.15, 0.2) is 22.8 Å². The van der Waals surface area contributed by atoms with Crippen LogP contribution in [0.5, 0.6) is 0 Å². The highest BCUT2D eigenvalue weighted by Crippen LogP contribution is 2.28. The van der Waals surface area contributed by atoms with E-state index in [0.29, 0.717) is 25.3 Å². The van der Waals surface area contributed by atoms with Crippen molar-refractivity contribution in [1.29, 1.82) is 0 Å². The minimum Gasteiger partial charge on any atom is -0.469 e. The first-order chi connectivity index (χ1) is 8.56. The number of nitrogens with zero attached hydrogens (tertiary/aromatic N) is 1. The third-order valence-electron chi connectivity index (χ3n) is 3.13. The Morgan fingerprint density at radius 1 is 1.56 bits per heavy atom. The molecule has 0 spiro atoms. The van der Waals surface area contributed by atoms with Crippen LogP contribution in [-0.2, 0) is 4.79 Å². The zero-order chi connectivity index (χ0) is 13.5. The van der Waals surface area contributed by atoms with Crippen LogP contribution in [0.2, 0.25) is 0 Å². The quantitative estimate of drug-likeness (QED) is 0.724. The standard InChI is InChI=1S/C15H21NO2/c1-5-6-9-16(4)15(17)11-13(12(2)3)14-8-7-10-18-14/h1,7-8,10,12-13H,6,9,11H2,2-4H3/t13-/m1/s1. The molecule has 1 amide bonds. The Bertz CT molecular complexity index is 401. The third kappa shape index (κ3) is 3.96. The highest BCUT2D eigenvalue weighted by Gasteiger charge is 2.23. The van der Waals surface area contributed by atoms with E-state index in [1.165, 1.54) is 0 Å². The van der Waals surface area contributed by atoms with Crippen LogP contribution in [0.3, 0.4) is 0 Å². The Labute approximate surface area is 109 Å². The Balaban J connectivity index is 2.62.